The molecule has 0 unspecified atom stereocenters. The van der Waals surface area contributed by atoms with Gasteiger partial charge in [-0.3, -0.25) is 4.79 Å². The molecule has 6 heteroatoms. The normalized spacial score (nSPS) is 13.5. The molecule has 1 aliphatic rings. The molecule has 2 aromatic carbocycles. The van der Waals surface area contributed by atoms with Crippen molar-refractivity contribution in [2.75, 3.05) is 14.2 Å². The molecule has 1 amide bonds. The number of methoxy groups -OCH3 is 2. The number of nitrogens with zero attached hydrogens (tertiary/aromatic N) is 1. The number of hydrogen-bond donors (Lipinski definition) is 2. The van der Waals surface area contributed by atoms with E-state index in [0.29, 0.717) is 17.1 Å². The van der Waals surface area contributed by atoms with Gasteiger partial charge in [0.05, 0.1) is 20.4 Å². The van der Waals surface area contributed by atoms with E-state index < -0.39 is 0 Å². The van der Waals surface area contributed by atoms with E-state index in [1.807, 2.05) is 30.3 Å². The van der Waals surface area contributed by atoms with Crippen LogP contribution in [0, 0.1) is 0 Å². The smallest absolute Gasteiger partial charge is 0.271 e. The predicted octanol–water partition coefficient (Wildman–Crippen LogP) is 3.83. The molecule has 1 heterocycles. The maximum absolute atomic E-state index is 12.5. The van der Waals surface area contributed by atoms with Gasteiger partial charge in [-0.05, 0) is 61.6 Å². The first-order valence-electron chi connectivity index (χ1n) is 9.38. The molecular formula is C22H23N3O3. The van der Waals surface area contributed by atoms with Crippen LogP contribution >= 0.6 is 0 Å². The minimum absolute atomic E-state index is 0.239. The van der Waals surface area contributed by atoms with Gasteiger partial charge in [-0.2, -0.15) is 5.10 Å². The highest BCUT2D eigenvalue weighted by molar-refractivity contribution is 5.99. The summed E-state index contributed by atoms with van der Waals surface area (Å²) < 4.78 is 10.5. The average molecular weight is 377 g/mol. The van der Waals surface area contributed by atoms with Crippen LogP contribution in [0.1, 0.15) is 40.0 Å². The maximum Gasteiger partial charge on any atom is 0.271 e. The van der Waals surface area contributed by atoms with E-state index in [-0.39, 0.29) is 5.91 Å². The van der Waals surface area contributed by atoms with Gasteiger partial charge in [0, 0.05) is 33.8 Å². The van der Waals surface area contributed by atoms with E-state index in [0.717, 1.165) is 29.3 Å². The second-order valence-electron chi connectivity index (χ2n) is 6.86. The van der Waals surface area contributed by atoms with E-state index in [4.69, 9.17) is 9.47 Å². The van der Waals surface area contributed by atoms with E-state index >= 15 is 0 Å². The van der Waals surface area contributed by atoms with Gasteiger partial charge in [0.15, 0.2) is 0 Å². The Balaban J connectivity index is 1.52. The van der Waals surface area contributed by atoms with Crippen molar-refractivity contribution in [2.24, 2.45) is 5.10 Å². The number of aromatic nitrogens is 1. The molecule has 1 aromatic heterocycles. The lowest BCUT2D eigenvalue weighted by molar-refractivity contribution is 0.0955. The fourth-order valence-corrected chi connectivity index (χ4v) is 3.70. The second kappa shape index (κ2) is 7.76. The second-order valence-corrected chi connectivity index (χ2v) is 6.86. The van der Waals surface area contributed by atoms with Crippen LogP contribution in [0.25, 0.3) is 10.9 Å². The molecule has 0 spiro atoms. The van der Waals surface area contributed by atoms with Crippen LogP contribution in [-0.2, 0) is 12.8 Å². The van der Waals surface area contributed by atoms with Crippen LogP contribution in [0.4, 0.5) is 0 Å². The number of H-pyrrole nitrogens is 1. The molecule has 0 bridgehead atoms. The Morgan fingerprint density at radius 2 is 1.96 bits per heavy atom. The molecule has 3 aromatic rings. The number of aryl methyl sites for hydroxylation is 2. The Morgan fingerprint density at radius 3 is 2.79 bits per heavy atom. The highest BCUT2D eigenvalue weighted by Gasteiger charge is 2.16. The summed E-state index contributed by atoms with van der Waals surface area (Å²) in [6, 6.07) is 11.2. The first-order valence-corrected chi connectivity index (χ1v) is 9.38. The largest absolute Gasteiger partial charge is 0.497 e. The van der Waals surface area contributed by atoms with E-state index in [1.165, 1.54) is 24.1 Å². The van der Waals surface area contributed by atoms with Crippen LogP contribution in [0.15, 0.2) is 41.5 Å². The van der Waals surface area contributed by atoms with Crippen molar-refractivity contribution in [1.82, 2.24) is 10.4 Å². The zero-order valence-corrected chi connectivity index (χ0v) is 16.0. The lowest BCUT2D eigenvalue weighted by atomic mass is 9.95. The lowest BCUT2D eigenvalue weighted by Crippen LogP contribution is -2.17. The van der Waals surface area contributed by atoms with E-state index in [2.05, 4.69) is 15.5 Å². The summed E-state index contributed by atoms with van der Waals surface area (Å²) in [5, 5.41) is 5.23. The van der Waals surface area contributed by atoms with Crippen molar-refractivity contribution < 1.29 is 14.3 Å². The van der Waals surface area contributed by atoms with Crippen molar-refractivity contribution in [3.05, 3.63) is 58.8 Å². The Morgan fingerprint density at radius 1 is 1.11 bits per heavy atom. The third-order valence-corrected chi connectivity index (χ3v) is 5.17. The highest BCUT2D eigenvalue weighted by atomic mass is 16.5. The number of carbonyl (C=O) groups excluding carboxylic acids is 1. The lowest BCUT2D eigenvalue weighted by Gasteiger charge is -2.10. The Hall–Kier alpha value is -3.28. The fourth-order valence-electron chi connectivity index (χ4n) is 3.70. The first kappa shape index (κ1) is 18.1. The number of amides is 1. The van der Waals surface area contributed by atoms with Crippen LogP contribution in [-0.4, -0.2) is 31.3 Å². The van der Waals surface area contributed by atoms with Gasteiger partial charge in [-0.1, -0.05) is 0 Å². The number of ether oxygens (including phenoxy) is 2. The Bertz CT molecular complexity index is 1050. The maximum atomic E-state index is 12.5. The van der Waals surface area contributed by atoms with Gasteiger partial charge >= 0.3 is 0 Å². The summed E-state index contributed by atoms with van der Waals surface area (Å²) in [5.41, 5.74) is 7.69. The zero-order chi connectivity index (χ0) is 19.5. The number of aromatic amines is 1. The van der Waals surface area contributed by atoms with Gasteiger partial charge < -0.3 is 14.5 Å². The van der Waals surface area contributed by atoms with Crippen LogP contribution in [0.3, 0.4) is 0 Å². The number of hydrogen-bond acceptors (Lipinski definition) is 4. The van der Waals surface area contributed by atoms with Gasteiger partial charge in [0.1, 0.15) is 11.5 Å². The standard InChI is InChI=1S/C22H23N3O3/c1-27-16-9-7-15(21(12-16)28-2)13-23-25-22(26)14-8-10-20-18(11-14)17-5-3-4-6-19(17)24-20/h7-13,24H,3-6H2,1-2H3,(H,25,26)/b23-13+. The molecule has 4 rings (SSSR count). The minimum atomic E-state index is -0.239. The van der Waals surface area contributed by atoms with Gasteiger partial charge in [-0.15, -0.1) is 0 Å². The SMILES string of the molecule is COc1ccc(/C=N/NC(=O)c2ccc3[nH]c4c(c3c2)CCCC4)c(OC)c1. The summed E-state index contributed by atoms with van der Waals surface area (Å²) in [6.07, 6.45) is 6.13. The molecule has 2 N–H and O–H groups in total. The molecule has 0 radical (unpaired) electrons. The van der Waals surface area contributed by atoms with Crippen molar-refractivity contribution in [1.29, 1.82) is 0 Å². The van der Waals surface area contributed by atoms with Crippen molar-refractivity contribution in [2.45, 2.75) is 25.7 Å². The quantitative estimate of drug-likeness (QED) is 0.524. The third kappa shape index (κ3) is 3.45. The molecule has 0 aliphatic heterocycles. The molecule has 6 nitrogen and oxygen atoms in total. The topological polar surface area (TPSA) is 75.7 Å². The van der Waals surface area contributed by atoms with Gasteiger partial charge in [0.2, 0.25) is 0 Å². The van der Waals surface area contributed by atoms with Crippen LogP contribution in [0.5, 0.6) is 11.5 Å². The fraction of sp³-hybridized carbons (Fsp3) is 0.273. The molecule has 1 aliphatic carbocycles. The number of carbonyl (C=O) groups is 1. The summed E-state index contributed by atoms with van der Waals surface area (Å²) in [4.78, 5) is 16.0. The summed E-state index contributed by atoms with van der Waals surface area (Å²) >= 11 is 0. The van der Waals surface area contributed by atoms with Gasteiger partial charge in [-0.25, -0.2) is 5.43 Å². The van der Waals surface area contributed by atoms with Crippen LogP contribution < -0.4 is 14.9 Å². The number of rotatable bonds is 5. The zero-order valence-electron chi connectivity index (χ0n) is 16.0. The molecule has 0 fully saturated rings. The summed E-state index contributed by atoms with van der Waals surface area (Å²) in [7, 11) is 3.18. The molecular weight excluding hydrogens is 354 g/mol. The Kier molecular flexibility index (Phi) is 5.02. The Labute approximate surface area is 163 Å². The molecule has 144 valence electrons. The number of fused-ring (bicyclic) bond motifs is 3. The average Bonchev–Trinajstić information content (AvgIpc) is 3.11. The minimum Gasteiger partial charge on any atom is -0.497 e. The predicted molar refractivity (Wildman–Crippen MR) is 110 cm³/mol. The van der Waals surface area contributed by atoms with E-state index in [9.17, 15) is 4.79 Å². The summed E-state index contributed by atoms with van der Waals surface area (Å²) in [6.45, 7) is 0. The van der Waals surface area contributed by atoms with Gasteiger partial charge in [0.25, 0.3) is 5.91 Å². The van der Waals surface area contributed by atoms with E-state index in [1.54, 1.807) is 26.5 Å². The first-order chi connectivity index (χ1) is 13.7. The molecule has 28 heavy (non-hydrogen) atoms. The third-order valence-electron chi connectivity index (χ3n) is 5.17. The van der Waals surface area contributed by atoms with Crippen molar-refractivity contribution >= 4 is 23.0 Å². The highest BCUT2D eigenvalue weighted by Crippen LogP contribution is 2.29. The monoisotopic (exact) mass is 377 g/mol. The van der Waals surface area contributed by atoms with Crippen LogP contribution in [0.2, 0.25) is 0 Å². The number of benzene rings is 2. The molecule has 0 atom stereocenters. The van der Waals surface area contributed by atoms with Crippen molar-refractivity contribution in [3.8, 4) is 11.5 Å². The van der Waals surface area contributed by atoms with Crippen molar-refractivity contribution in [3.63, 3.8) is 0 Å². The molecule has 0 saturated carbocycles. The molecule has 0 saturated heterocycles. The number of hydrazone groups is 1. The summed E-state index contributed by atoms with van der Waals surface area (Å²) in [5.74, 6) is 1.08. The number of nitrogens with one attached hydrogen (secondary N) is 2.